The minimum atomic E-state index is -0.427. The molecule has 0 spiro atoms. The second kappa shape index (κ2) is 7.10. The van der Waals surface area contributed by atoms with Gasteiger partial charge >= 0.3 is 6.09 Å². The van der Waals surface area contributed by atoms with E-state index < -0.39 is 5.60 Å². The Hall–Kier alpha value is -0.810. The average Bonchev–Trinajstić information content (AvgIpc) is 2.22. The van der Waals surface area contributed by atoms with Gasteiger partial charge in [0, 0.05) is 25.7 Å². The molecular formula is C14H28N2O3. The number of amides is 1. The van der Waals surface area contributed by atoms with E-state index in [2.05, 4.69) is 12.2 Å². The number of rotatable bonds is 6. The Morgan fingerprint density at radius 3 is 2.58 bits per heavy atom. The van der Waals surface area contributed by atoms with Crippen LogP contribution in [0.5, 0.6) is 0 Å². The minimum Gasteiger partial charge on any atom is -0.444 e. The summed E-state index contributed by atoms with van der Waals surface area (Å²) in [6.07, 6.45) is 1.68. The van der Waals surface area contributed by atoms with Gasteiger partial charge in [0.05, 0.1) is 0 Å². The summed E-state index contributed by atoms with van der Waals surface area (Å²) < 4.78 is 5.30. The first kappa shape index (κ1) is 16.2. The highest BCUT2D eigenvalue weighted by Crippen LogP contribution is 2.16. The lowest BCUT2D eigenvalue weighted by Gasteiger charge is -2.40. The summed E-state index contributed by atoms with van der Waals surface area (Å²) in [7, 11) is 0. The van der Waals surface area contributed by atoms with Gasteiger partial charge in [-0.3, -0.25) is 0 Å². The molecule has 112 valence electrons. The smallest absolute Gasteiger partial charge is 0.410 e. The molecule has 19 heavy (non-hydrogen) atoms. The molecule has 5 heteroatoms. The van der Waals surface area contributed by atoms with Crippen LogP contribution in [-0.4, -0.2) is 54.0 Å². The van der Waals surface area contributed by atoms with Crippen LogP contribution < -0.4 is 5.32 Å². The van der Waals surface area contributed by atoms with Crippen LogP contribution in [0.4, 0.5) is 4.79 Å². The number of likely N-dealkylation sites (tertiary alicyclic amines) is 1. The summed E-state index contributed by atoms with van der Waals surface area (Å²) >= 11 is 0. The predicted octanol–water partition coefficient (Wildman–Crippen LogP) is 1.60. The van der Waals surface area contributed by atoms with Crippen molar-refractivity contribution >= 4 is 6.09 Å². The van der Waals surface area contributed by atoms with Gasteiger partial charge in [-0.2, -0.15) is 0 Å². The van der Waals surface area contributed by atoms with Crippen molar-refractivity contribution in [3.8, 4) is 0 Å². The topological polar surface area (TPSA) is 61.8 Å². The SMILES string of the molecule is CCC(CCO)CNC1CN(C(=O)OC(C)(C)C)C1. The van der Waals surface area contributed by atoms with E-state index >= 15 is 0 Å². The molecule has 1 heterocycles. The van der Waals surface area contributed by atoms with Gasteiger partial charge in [0.1, 0.15) is 5.60 Å². The molecule has 1 unspecified atom stereocenters. The molecule has 0 saturated carbocycles. The Kier molecular flexibility index (Phi) is 6.07. The lowest BCUT2D eigenvalue weighted by Crippen LogP contribution is -2.61. The predicted molar refractivity (Wildman–Crippen MR) is 75.1 cm³/mol. The fourth-order valence-electron chi connectivity index (χ4n) is 2.05. The maximum absolute atomic E-state index is 11.7. The first-order chi connectivity index (χ1) is 8.85. The van der Waals surface area contributed by atoms with Crippen LogP contribution in [0.15, 0.2) is 0 Å². The Balaban J connectivity index is 2.18. The van der Waals surface area contributed by atoms with Crippen molar-refractivity contribution in [2.24, 2.45) is 5.92 Å². The molecule has 5 nitrogen and oxygen atoms in total. The molecule has 1 aliphatic rings. The number of nitrogens with zero attached hydrogens (tertiary/aromatic N) is 1. The van der Waals surface area contributed by atoms with Crippen LogP contribution in [0.1, 0.15) is 40.5 Å². The summed E-state index contributed by atoms with van der Waals surface area (Å²) in [5, 5.41) is 12.4. The van der Waals surface area contributed by atoms with Gasteiger partial charge in [-0.05, 0) is 39.7 Å². The van der Waals surface area contributed by atoms with E-state index in [9.17, 15) is 4.79 Å². The molecule has 0 bridgehead atoms. The van der Waals surface area contributed by atoms with E-state index in [4.69, 9.17) is 9.84 Å². The first-order valence-corrected chi connectivity index (χ1v) is 7.18. The number of carbonyl (C=O) groups is 1. The van der Waals surface area contributed by atoms with Crippen LogP contribution >= 0.6 is 0 Å². The Bertz CT molecular complexity index is 283. The van der Waals surface area contributed by atoms with E-state index in [1.807, 2.05) is 20.8 Å². The molecule has 2 N–H and O–H groups in total. The summed E-state index contributed by atoms with van der Waals surface area (Å²) in [5.41, 5.74) is -0.427. The molecule has 0 aromatic carbocycles. The van der Waals surface area contributed by atoms with Crippen molar-refractivity contribution < 1.29 is 14.6 Å². The largest absolute Gasteiger partial charge is 0.444 e. The van der Waals surface area contributed by atoms with Crippen LogP contribution in [0.3, 0.4) is 0 Å². The minimum absolute atomic E-state index is 0.229. The number of hydrogen-bond acceptors (Lipinski definition) is 4. The van der Waals surface area contributed by atoms with Crippen LogP contribution in [0.25, 0.3) is 0 Å². The van der Waals surface area contributed by atoms with Crippen LogP contribution in [0, 0.1) is 5.92 Å². The third kappa shape index (κ3) is 5.78. The highest BCUT2D eigenvalue weighted by molar-refractivity contribution is 5.69. The molecule has 1 amide bonds. The van der Waals surface area contributed by atoms with Gasteiger partial charge < -0.3 is 20.1 Å². The van der Waals surface area contributed by atoms with E-state index in [0.717, 1.165) is 19.4 Å². The monoisotopic (exact) mass is 272 g/mol. The highest BCUT2D eigenvalue weighted by Gasteiger charge is 2.33. The molecule has 0 aliphatic carbocycles. The quantitative estimate of drug-likeness (QED) is 0.771. The van der Waals surface area contributed by atoms with Crippen molar-refractivity contribution in [2.45, 2.75) is 52.2 Å². The Morgan fingerprint density at radius 2 is 2.11 bits per heavy atom. The molecule has 0 aromatic heterocycles. The van der Waals surface area contributed by atoms with E-state index in [1.165, 1.54) is 0 Å². The fourth-order valence-corrected chi connectivity index (χ4v) is 2.05. The molecule has 1 fully saturated rings. The molecule has 1 saturated heterocycles. The molecule has 1 atom stereocenters. The average molecular weight is 272 g/mol. The third-order valence-electron chi connectivity index (χ3n) is 3.34. The fraction of sp³-hybridized carbons (Fsp3) is 0.929. The van der Waals surface area contributed by atoms with Crippen molar-refractivity contribution in [2.75, 3.05) is 26.2 Å². The zero-order valence-electron chi connectivity index (χ0n) is 12.6. The maximum atomic E-state index is 11.7. The summed E-state index contributed by atoms with van der Waals surface area (Å²) in [6, 6.07) is 0.361. The van der Waals surface area contributed by atoms with E-state index in [0.29, 0.717) is 25.0 Å². The van der Waals surface area contributed by atoms with Crippen molar-refractivity contribution in [3.05, 3.63) is 0 Å². The summed E-state index contributed by atoms with van der Waals surface area (Å²) in [6.45, 7) is 10.3. The number of aliphatic hydroxyl groups is 1. The van der Waals surface area contributed by atoms with Gasteiger partial charge in [-0.1, -0.05) is 13.3 Å². The Morgan fingerprint density at radius 1 is 1.47 bits per heavy atom. The molecule has 1 aliphatic heterocycles. The number of nitrogens with one attached hydrogen (secondary N) is 1. The molecule has 1 rings (SSSR count). The van der Waals surface area contributed by atoms with Crippen LogP contribution in [-0.2, 0) is 4.74 Å². The van der Waals surface area contributed by atoms with Gasteiger partial charge in [-0.25, -0.2) is 4.79 Å². The zero-order valence-corrected chi connectivity index (χ0v) is 12.6. The van der Waals surface area contributed by atoms with Crippen molar-refractivity contribution in [3.63, 3.8) is 0 Å². The Labute approximate surface area is 116 Å². The zero-order chi connectivity index (χ0) is 14.5. The van der Waals surface area contributed by atoms with E-state index in [-0.39, 0.29) is 12.7 Å². The number of aliphatic hydroxyl groups excluding tert-OH is 1. The molecule has 0 radical (unpaired) electrons. The van der Waals surface area contributed by atoms with Crippen LogP contribution in [0.2, 0.25) is 0 Å². The lowest BCUT2D eigenvalue weighted by atomic mass is 10.0. The number of ether oxygens (including phenoxy) is 1. The van der Waals surface area contributed by atoms with E-state index in [1.54, 1.807) is 4.90 Å². The van der Waals surface area contributed by atoms with Gasteiger partial charge in [0.2, 0.25) is 0 Å². The second-order valence-electron chi connectivity index (χ2n) is 6.28. The molecular weight excluding hydrogens is 244 g/mol. The van der Waals surface area contributed by atoms with Gasteiger partial charge in [0.15, 0.2) is 0 Å². The summed E-state index contributed by atoms with van der Waals surface area (Å²) in [4.78, 5) is 13.4. The highest BCUT2D eigenvalue weighted by atomic mass is 16.6. The lowest BCUT2D eigenvalue weighted by molar-refractivity contribution is 0.00493. The number of carbonyl (C=O) groups excluding carboxylic acids is 1. The number of hydrogen-bond donors (Lipinski definition) is 2. The van der Waals surface area contributed by atoms with Crippen molar-refractivity contribution in [1.82, 2.24) is 10.2 Å². The second-order valence-corrected chi connectivity index (χ2v) is 6.28. The standard InChI is InChI=1S/C14H28N2O3/c1-5-11(6-7-17)8-15-12-9-16(10-12)13(18)19-14(2,3)4/h11-12,15,17H,5-10H2,1-4H3. The van der Waals surface area contributed by atoms with Crippen molar-refractivity contribution in [1.29, 1.82) is 0 Å². The van der Waals surface area contributed by atoms with Gasteiger partial charge in [-0.15, -0.1) is 0 Å². The van der Waals surface area contributed by atoms with Gasteiger partial charge in [0.25, 0.3) is 0 Å². The normalized spacial score (nSPS) is 18.1. The summed E-state index contributed by atoms with van der Waals surface area (Å²) in [5.74, 6) is 0.514. The maximum Gasteiger partial charge on any atom is 0.410 e. The third-order valence-corrected chi connectivity index (χ3v) is 3.34. The molecule has 0 aromatic rings. The first-order valence-electron chi connectivity index (χ1n) is 7.18.